The number of halogens is 1. The van der Waals surface area contributed by atoms with Gasteiger partial charge in [-0.25, -0.2) is 4.68 Å². The van der Waals surface area contributed by atoms with E-state index in [-0.39, 0.29) is 17.7 Å². The van der Waals surface area contributed by atoms with Crippen LogP contribution in [0.5, 0.6) is 0 Å². The average molecular weight is 261 g/mol. The number of aromatic nitrogens is 3. The molecule has 0 aliphatic heterocycles. The van der Waals surface area contributed by atoms with Gasteiger partial charge < -0.3 is 5.73 Å². The van der Waals surface area contributed by atoms with Crippen LogP contribution >= 0.6 is 15.9 Å². The quantitative estimate of drug-likeness (QED) is 0.814. The lowest BCUT2D eigenvalue weighted by molar-refractivity contribution is 0.0906. The van der Waals surface area contributed by atoms with Crippen LogP contribution in [0, 0.1) is 5.92 Å². The molecule has 5 nitrogen and oxygen atoms in total. The van der Waals surface area contributed by atoms with E-state index in [9.17, 15) is 4.79 Å². The number of carbonyl (C=O) groups is 1. The van der Waals surface area contributed by atoms with Gasteiger partial charge in [-0.3, -0.25) is 4.79 Å². The summed E-state index contributed by atoms with van der Waals surface area (Å²) >= 11 is 3.18. The van der Waals surface area contributed by atoms with Crippen LogP contribution in [0.1, 0.15) is 24.3 Å². The van der Waals surface area contributed by atoms with Crippen LogP contribution in [-0.4, -0.2) is 26.8 Å². The SMILES string of the molecule is CC(N)C(C)C(=O)c1c(Br)nnn1C. The Morgan fingerprint density at radius 2 is 2.14 bits per heavy atom. The Kier molecular flexibility index (Phi) is 3.38. The van der Waals surface area contributed by atoms with Crippen molar-refractivity contribution in [2.45, 2.75) is 19.9 Å². The molecule has 2 N–H and O–H groups in total. The molecule has 0 aliphatic rings. The van der Waals surface area contributed by atoms with Gasteiger partial charge in [-0.05, 0) is 22.9 Å². The summed E-state index contributed by atoms with van der Waals surface area (Å²) in [7, 11) is 1.68. The van der Waals surface area contributed by atoms with E-state index in [4.69, 9.17) is 5.73 Å². The molecule has 2 atom stereocenters. The van der Waals surface area contributed by atoms with E-state index in [0.29, 0.717) is 10.3 Å². The minimum atomic E-state index is -0.233. The number of ketones is 1. The summed E-state index contributed by atoms with van der Waals surface area (Å²) in [6.07, 6.45) is 0. The Balaban J connectivity index is 3.00. The Morgan fingerprint density at radius 1 is 1.57 bits per heavy atom. The first-order valence-electron chi connectivity index (χ1n) is 4.30. The molecule has 0 aromatic carbocycles. The second-order valence-corrected chi connectivity index (χ2v) is 4.12. The topological polar surface area (TPSA) is 73.8 Å². The predicted octanol–water partition coefficient (Wildman–Crippen LogP) is 0.744. The van der Waals surface area contributed by atoms with E-state index in [2.05, 4.69) is 26.2 Å². The molecular weight excluding hydrogens is 248 g/mol. The highest BCUT2D eigenvalue weighted by atomic mass is 79.9. The Hall–Kier alpha value is -0.750. The summed E-state index contributed by atoms with van der Waals surface area (Å²) in [6.45, 7) is 3.60. The van der Waals surface area contributed by atoms with Crippen molar-refractivity contribution in [2.24, 2.45) is 18.7 Å². The van der Waals surface area contributed by atoms with Gasteiger partial charge in [-0.2, -0.15) is 0 Å². The van der Waals surface area contributed by atoms with Gasteiger partial charge in [0, 0.05) is 19.0 Å². The first kappa shape index (κ1) is 11.3. The summed E-state index contributed by atoms with van der Waals surface area (Å²) < 4.78 is 1.92. The molecular formula is C8H13BrN4O. The zero-order chi connectivity index (χ0) is 10.9. The molecule has 1 heterocycles. The average Bonchev–Trinajstić information content (AvgIpc) is 2.44. The number of hydrogen-bond donors (Lipinski definition) is 1. The summed E-state index contributed by atoms with van der Waals surface area (Å²) in [5.41, 5.74) is 6.12. The third-order valence-electron chi connectivity index (χ3n) is 2.22. The molecule has 1 aromatic heterocycles. The zero-order valence-electron chi connectivity index (χ0n) is 8.36. The summed E-state index contributed by atoms with van der Waals surface area (Å²) in [5.74, 6) is -0.275. The first-order chi connectivity index (χ1) is 6.45. The largest absolute Gasteiger partial charge is 0.327 e. The molecule has 0 amide bonds. The lowest BCUT2D eigenvalue weighted by Crippen LogP contribution is -2.31. The standard InChI is InChI=1S/C8H13BrN4O/c1-4(5(2)10)7(14)6-8(9)11-12-13(6)3/h4-5H,10H2,1-3H3. The predicted molar refractivity (Wildman–Crippen MR) is 55.8 cm³/mol. The smallest absolute Gasteiger partial charge is 0.188 e. The van der Waals surface area contributed by atoms with Crippen LogP contribution in [0.2, 0.25) is 0 Å². The highest BCUT2D eigenvalue weighted by Gasteiger charge is 2.24. The molecule has 0 saturated heterocycles. The molecule has 0 aliphatic carbocycles. The molecule has 0 fully saturated rings. The van der Waals surface area contributed by atoms with E-state index in [1.807, 2.05) is 0 Å². The first-order valence-corrected chi connectivity index (χ1v) is 5.09. The van der Waals surface area contributed by atoms with Crippen LogP contribution < -0.4 is 5.73 Å². The van der Waals surface area contributed by atoms with E-state index in [1.165, 1.54) is 4.68 Å². The zero-order valence-corrected chi connectivity index (χ0v) is 9.95. The highest BCUT2D eigenvalue weighted by Crippen LogP contribution is 2.17. The maximum Gasteiger partial charge on any atom is 0.188 e. The lowest BCUT2D eigenvalue weighted by Gasteiger charge is -2.13. The van der Waals surface area contributed by atoms with Gasteiger partial charge in [0.15, 0.2) is 10.4 Å². The number of Topliss-reactive ketones (excluding diaryl/α,β-unsaturated/α-hetero) is 1. The van der Waals surface area contributed by atoms with Crippen LogP contribution in [0.25, 0.3) is 0 Å². The number of hydrogen-bond acceptors (Lipinski definition) is 4. The summed E-state index contributed by atoms with van der Waals surface area (Å²) in [4.78, 5) is 11.9. The third-order valence-corrected chi connectivity index (χ3v) is 2.76. The molecule has 1 aromatic rings. The summed E-state index contributed by atoms with van der Waals surface area (Å²) in [5, 5.41) is 7.48. The van der Waals surface area contributed by atoms with Gasteiger partial charge >= 0.3 is 0 Å². The van der Waals surface area contributed by atoms with Crippen molar-refractivity contribution in [2.75, 3.05) is 0 Å². The molecule has 6 heteroatoms. The molecule has 0 spiro atoms. The minimum absolute atomic E-state index is 0.0422. The Labute approximate surface area is 90.8 Å². The van der Waals surface area contributed by atoms with Crippen molar-refractivity contribution in [3.63, 3.8) is 0 Å². The van der Waals surface area contributed by atoms with Crippen molar-refractivity contribution >= 4 is 21.7 Å². The molecule has 78 valence electrons. The highest BCUT2D eigenvalue weighted by molar-refractivity contribution is 9.10. The second kappa shape index (κ2) is 4.18. The fraction of sp³-hybridized carbons (Fsp3) is 0.625. The van der Waals surface area contributed by atoms with E-state index in [0.717, 1.165) is 0 Å². The number of nitrogens with zero attached hydrogens (tertiary/aromatic N) is 3. The van der Waals surface area contributed by atoms with Crippen LogP contribution in [0.3, 0.4) is 0 Å². The van der Waals surface area contributed by atoms with E-state index >= 15 is 0 Å². The van der Waals surface area contributed by atoms with Crippen molar-refractivity contribution in [3.05, 3.63) is 10.3 Å². The molecule has 0 bridgehead atoms. The van der Waals surface area contributed by atoms with Gasteiger partial charge in [-0.1, -0.05) is 12.1 Å². The van der Waals surface area contributed by atoms with Crippen molar-refractivity contribution in [1.29, 1.82) is 0 Å². The van der Waals surface area contributed by atoms with Gasteiger partial charge in [0.1, 0.15) is 5.69 Å². The van der Waals surface area contributed by atoms with Crippen molar-refractivity contribution in [1.82, 2.24) is 15.0 Å². The van der Waals surface area contributed by atoms with Gasteiger partial charge in [0.2, 0.25) is 0 Å². The summed E-state index contributed by atoms with van der Waals surface area (Å²) in [6, 6.07) is -0.177. The fourth-order valence-corrected chi connectivity index (χ4v) is 1.57. The number of carbonyl (C=O) groups excluding carboxylic acids is 1. The van der Waals surface area contributed by atoms with Crippen molar-refractivity contribution in [3.8, 4) is 0 Å². The molecule has 2 unspecified atom stereocenters. The van der Waals surface area contributed by atoms with Gasteiger partial charge in [-0.15, -0.1) is 5.10 Å². The number of aryl methyl sites for hydroxylation is 1. The molecule has 0 saturated carbocycles. The van der Waals surface area contributed by atoms with Crippen LogP contribution in [0.4, 0.5) is 0 Å². The molecule has 1 rings (SSSR count). The van der Waals surface area contributed by atoms with E-state index in [1.54, 1.807) is 20.9 Å². The Morgan fingerprint density at radius 3 is 2.50 bits per heavy atom. The number of nitrogens with two attached hydrogens (primary N) is 1. The minimum Gasteiger partial charge on any atom is -0.327 e. The lowest BCUT2D eigenvalue weighted by atomic mass is 9.97. The number of rotatable bonds is 3. The van der Waals surface area contributed by atoms with Crippen LogP contribution in [0.15, 0.2) is 4.60 Å². The van der Waals surface area contributed by atoms with Crippen LogP contribution in [-0.2, 0) is 7.05 Å². The second-order valence-electron chi connectivity index (χ2n) is 3.36. The maximum atomic E-state index is 11.9. The molecule has 14 heavy (non-hydrogen) atoms. The monoisotopic (exact) mass is 260 g/mol. The fourth-order valence-electron chi connectivity index (χ4n) is 1.05. The Bertz CT molecular complexity index is 328. The third kappa shape index (κ3) is 2.01. The molecule has 0 radical (unpaired) electrons. The normalized spacial score (nSPS) is 15.2. The maximum absolute atomic E-state index is 11.9. The van der Waals surface area contributed by atoms with Gasteiger partial charge in [0.05, 0.1) is 0 Å². The van der Waals surface area contributed by atoms with E-state index < -0.39 is 0 Å². The van der Waals surface area contributed by atoms with Gasteiger partial charge in [0.25, 0.3) is 0 Å². The van der Waals surface area contributed by atoms with Crippen molar-refractivity contribution < 1.29 is 4.79 Å².